The Morgan fingerprint density at radius 1 is 1.12 bits per heavy atom. The Bertz CT molecular complexity index is 1130. The quantitative estimate of drug-likeness (QED) is 0.560. The number of amides is 2. The summed E-state index contributed by atoms with van der Waals surface area (Å²) in [5.41, 5.74) is 9.10. The molecule has 0 bridgehead atoms. The van der Waals surface area contributed by atoms with Crippen LogP contribution in [-0.2, 0) is 6.61 Å². The number of thiazole rings is 1. The smallest absolute Gasteiger partial charge is 0.267 e. The number of nitrogens with two attached hydrogens (primary N) is 1. The van der Waals surface area contributed by atoms with E-state index in [0.29, 0.717) is 21.8 Å². The van der Waals surface area contributed by atoms with Gasteiger partial charge in [-0.25, -0.2) is 4.98 Å². The number of rotatable bonds is 7. The Morgan fingerprint density at radius 3 is 2.53 bits per heavy atom. The highest BCUT2D eigenvalue weighted by Crippen LogP contribution is 2.31. The lowest BCUT2D eigenvalue weighted by molar-refractivity contribution is 0.0996. The number of carbonyl (C=O) groups excluding carboxylic acids is 2. The average Bonchev–Trinajstić information content (AvgIpc) is 3.43. The third-order valence-electron chi connectivity index (χ3n) is 5.41. The van der Waals surface area contributed by atoms with Crippen molar-refractivity contribution in [1.82, 2.24) is 4.98 Å². The summed E-state index contributed by atoms with van der Waals surface area (Å²) in [6.45, 7) is 5.95. The zero-order valence-electron chi connectivity index (χ0n) is 18.2. The number of nitrogens with zero attached hydrogens (tertiary/aromatic N) is 2. The van der Waals surface area contributed by atoms with Crippen molar-refractivity contribution in [3.63, 3.8) is 0 Å². The molecule has 0 unspecified atom stereocenters. The van der Waals surface area contributed by atoms with Crippen LogP contribution in [0.5, 0.6) is 5.75 Å². The highest BCUT2D eigenvalue weighted by molar-refractivity contribution is 7.13. The molecule has 1 aliphatic heterocycles. The van der Waals surface area contributed by atoms with E-state index in [1.54, 1.807) is 12.1 Å². The van der Waals surface area contributed by atoms with Crippen molar-refractivity contribution in [3.8, 4) is 5.75 Å². The molecule has 32 heavy (non-hydrogen) atoms. The second kappa shape index (κ2) is 9.40. The van der Waals surface area contributed by atoms with Gasteiger partial charge in [0.05, 0.1) is 17.1 Å². The summed E-state index contributed by atoms with van der Waals surface area (Å²) in [4.78, 5) is 32.0. The van der Waals surface area contributed by atoms with Crippen LogP contribution in [0.4, 0.5) is 11.4 Å². The first kappa shape index (κ1) is 21.8. The molecule has 0 saturated carbocycles. The number of nitrogens with one attached hydrogen (secondary N) is 1. The summed E-state index contributed by atoms with van der Waals surface area (Å²) < 4.78 is 5.80. The van der Waals surface area contributed by atoms with E-state index in [0.717, 1.165) is 47.9 Å². The van der Waals surface area contributed by atoms with E-state index in [9.17, 15) is 9.59 Å². The minimum atomic E-state index is -0.530. The molecule has 3 aromatic rings. The SMILES string of the molecule is Cc1ccc(OCc2nc(C)c(C(=O)Nc3cc(C(N)=O)ccc3N3CCCC3)s2)cc1. The van der Waals surface area contributed by atoms with Gasteiger partial charge in [-0.15, -0.1) is 11.3 Å². The molecule has 0 radical (unpaired) electrons. The zero-order chi connectivity index (χ0) is 22.7. The number of hydrogen-bond donors (Lipinski definition) is 2. The highest BCUT2D eigenvalue weighted by Gasteiger charge is 2.21. The molecular weight excluding hydrogens is 424 g/mol. The Kier molecular flexibility index (Phi) is 6.41. The van der Waals surface area contributed by atoms with E-state index >= 15 is 0 Å². The average molecular weight is 451 g/mol. The number of anilines is 2. The normalized spacial score (nSPS) is 13.2. The number of benzene rings is 2. The van der Waals surface area contributed by atoms with Crippen LogP contribution in [0.3, 0.4) is 0 Å². The maximum Gasteiger partial charge on any atom is 0.267 e. The maximum absolute atomic E-state index is 13.1. The van der Waals surface area contributed by atoms with Gasteiger partial charge in [-0.05, 0) is 57.0 Å². The molecule has 1 fully saturated rings. The lowest BCUT2D eigenvalue weighted by atomic mass is 10.1. The number of ether oxygens (including phenoxy) is 1. The molecular formula is C24H26N4O3S. The largest absolute Gasteiger partial charge is 0.486 e. The predicted molar refractivity (Wildman–Crippen MR) is 127 cm³/mol. The van der Waals surface area contributed by atoms with Crippen LogP contribution in [0.2, 0.25) is 0 Å². The Balaban J connectivity index is 1.51. The van der Waals surface area contributed by atoms with E-state index in [1.807, 2.05) is 44.2 Å². The van der Waals surface area contributed by atoms with E-state index in [-0.39, 0.29) is 12.5 Å². The molecule has 0 spiro atoms. The maximum atomic E-state index is 13.1. The van der Waals surface area contributed by atoms with E-state index in [2.05, 4.69) is 15.2 Å². The predicted octanol–water partition coefficient (Wildman–Crippen LogP) is 4.29. The lowest BCUT2D eigenvalue weighted by Gasteiger charge is -2.22. The van der Waals surface area contributed by atoms with E-state index in [1.165, 1.54) is 11.3 Å². The fourth-order valence-corrected chi connectivity index (χ4v) is 4.58. The van der Waals surface area contributed by atoms with Crippen LogP contribution in [0.25, 0.3) is 0 Å². The molecule has 0 aliphatic carbocycles. The van der Waals surface area contributed by atoms with Crippen LogP contribution in [0, 0.1) is 13.8 Å². The van der Waals surface area contributed by atoms with Crippen molar-refractivity contribution in [2.24, 2.45) is 5.73 Å². The van der Waals surface area contributed by atoms with Crippen molar-refractivity contribution >= 4 is 34.5 Å². The molecule has 1 aromatic heterocycles. The summed E-state index contributed by atoms with van der Waals surface area (Å²) in [6.07, 6.45) is 2.20. The minimum Gasteiger partial charge on any atom is -0.486 e. The van der Waals surface area contributed by atoms with Gasteiger partial charge in [0.1, 0.15) is 22.2 Å². The summed E-state index contributed by atoms with van der Waals surface area (Å²) in [6, 6.07) is 13.0. The molecule has 7 nitrogen and oxygen atoms in total. The summed E-state index contributed by atoms with van der Waals surface area (Å²) in [5, 5.41) is 3.70. The van der Waals surface area contributed by atoms with Crippen LogP contribution < -0.4 is 20.7 Å². The molecule has 2 heterocycles. The third kappa shape index (κ3) is 4.91. The van der Waals surface area contributed by atoms with Crippen LogP contribution in [0.15, 0.2) is 42.5 Å². The molecule has 166 valence electrons. The molecule has 2 amide bonds. The van der Waals surface area contributed by atoms with Gasteiger partial charge in [-0.3, -0.25) is 9.59 Å². The second-order valence-electron chi connectivity index (χ2n) is 7.87. The van der Waals surface area contributed by atoms with Gasteiger partial charge in [-0.2, -0.15) is 0 Å². The van der Waals surface area contributed by atoms with Crippen LogP contribution in [-0.4, -0.2) is 29.9 Å². The Labute approximate surface area is 191 Å². The van der Waals surface area contributed by atoms with Crippen molar-refractivity contribution in [3.05, 3.63) is 69.2 Å². The molecule has 1 aliphatic rings. The number of carbonyl (C=O) groups is 2. The second-order valence-corrected chi connectivity index (χ2v) is 8.95. The van der Waals surface area contributed by atoms with E-state index < -0.39 is 5.91 Å². The topological polar surface area (TPSA) is 97.5 Å². The number of hydrogen-bond acceptors (Lipinski definition) is 6. The summed E-state index contributed by atoms with van der Waals surface area (Å²) in [7, 11) is 0. The fraction of sp³-hybridized carbons (Fsp3) is 0.292. The van der Waals surface area contributed by atoms with Gasteiger partial charge < -0.3 is 20.7 Å². The van der Waals surface area contributed by atoms with Gasteiger partial charge in [0.25, 0.3) is 5.91 Å². The monoisotopic (exact) mass is 450 g/mol. The van der Waals surface area contributed by atoms with Crippen molar-refractivity contribution in [2.45, 2.75) is 33.3 Å². The summed E-state index contributed by atoms with van der Waals surface area (Å²) >= 11 is 1.30. The first-order valence-corrected chi connectivity index (χ1v) is 11.4. The fourth-order valence-electron chi connectivity index (χ4n) is 3.71. The molecule has 1 saturated heterocycles. The van der Waals surface area contributed by atoms with Gasteiger partial charge in [0.15, 0.2) is 0 Å². The number of aromatic nitrogens is 1. The van der Waals surface area contributed by atoms with Gasteiger partial charge in [-0.1, -0.05) is 17.7 Å². The number of primary amides is 1. The van der Waals surface area contributed by atoms with Crippen molar-refractivity contribution in [1.29, 1.82) is 0 Å². The van der Waals surface area contributed by atoms with Crippen molar-refractivity contribution < 1.29 is 14.3 Å². The van der Waals surface area contributed by atoms with Crippen LogP contribution >= 0.6 is 11.3 Å². The molecule has 0 atom stereocenters. The first-order valence-electron chi connectivity index (χ1n) is 10.6. The molecule has 3 N–H and O–H groups in total. The highest BCUT2D eigenvalue weighted by atomic mass is 32.1. The number of aryl methyl sites for hydroxylation is 2. The van der Waals surface area contributed by atoms with Crippen LogP contribution in [0.1, 0.15) is 49.1 Å². The Hall–Kier alpha value is -3.39. The van der Waals surface area contributed by atoms with Gasteiger partial charge >= 0.3 is 0 Å². The molecule has 8 heteroatoms. The standard InChI is InChI=1S/C24H26N4O3S/c1-15-5-8-18(9-6-15)31-14-21-26-16(2)22(32-21)24(30)27-19-13-17(23(25)29)7-10-20(19)28-11-3-4-12-28/h5-10,13H,3-4,11-12,14H2,1-2H3,(H2,25,29)(H,27,30). The Morgan fingerprint density at radius 2 is 1.84 bits per heavy atom. The van der Waals surface area contributed by atoms with Crippen molar-refractivity contribution in [2.75, 3.05) is 23.3 Å². The lowest BCUT2D eigenvalue weighted by Crippen LogP contribution is -2.22. The molecule has 4 rings (SSSR count). The first-order chi connectivity index (χ1) is 15.4. The third-order valence-corrected chi connectivity index (χ3v) is 6.54. The summed E-state index contributed by atoms with van der Waals surface area (Å²) in [5.74, 6) is -0.0328. The van der Waals surface area contributed by atoms with Gasteiger partial charge in [0.2, 0.25) is 5.91 Å². The minimum absolute atomic E-state index is 0.261. The van der Waals surface area contributed by atoms with Gasteiger partial charge in [0, 0.05) is 18.7 Å². The van der Waals surface area contributed by atoms with E-state index in [4.69, 9.17) is 10.5 Å². The zero-order valence-corrected chi connectivity index (χ0v) is 19.0. The molecule has 2 aromatic carbocycles.